The van der Waals surface area contributed by atoms with Crippen molar-refractivity contribution in [3.63, 3.8) is 0 Å². The van der Waals surface area contributed by atoms with E-state index in [4.69, 9.17) is 4.74 Å². The van der Waals surface area contributed by atoms with Gasteiger partial charge < -0.3 is 9.64 Å². The van der Waals surface area contributed by atoms with E-state index in [-0.39, 0.29) is 12.5 Å². The molecular formula is C13H18N2O2. The number of carbonyl (C=O) groups excluding carboxylic acids is 1. The molecule has 1 aromatic heterocycles. The third-order valence-electron chi connectivity index (χ3n) is 3.15. The Kier molecular flexibility index (Phi) is 4.09. The van der Waals surface area contributed by atoms with Crippen molar-refractivity contribution in [3.05, 3.63) is 30.1 Å². The van der Waals surface area contributed by atoms with Crippen LogP contribution in [0.4, 0.5) is 0 Å². The highest BCUT2D eigenvalue weighted by Gasteiger charge is 2.24. The minimum Gasteiger partial charge on any atom is -0.375 e. The summed E-state index contributed by atoms with van der Waals surface area (Å²) in [4.78, 5) is 18.0. The summed E-state index contributed by atoms with van der Waals surface area (Å²) in [5.74, 6) is 0.443. The van der Waals surface area contributed by atoms with Gasteiger partial charge in [0.2, 0.25) is 5.91 Å². The number of hydrogen-bond donors (Lipinski definition) is 0. The average Bonchev–Trinajstić information content (AvgIpc) is 2.40. The van der Waals surface area contributed by atoms with E-state index in [0.717, 1.165) is 31.6 Å². The lowest BCUT2D eigenvalue weighted by Crippen LogP contribution is -2.41. The molecule has 0 bridgehead atoms. The van der Waals surface area contributed by atoms with E-state index >= 15 is 0 Å². The molecule has 1 saturated heterocycles. The summed E-state index contributed by atoms with van der Waals surface area (Å²) in [5, 5.41) is 0. The van der Waals surface area contributed by atoms with Gasteiger partial charge in [-0.2, -0.15) is 0 Å². The van der Waals surface area contributed by atoms with Gasteiger partial charge in [-0.05, 0) is 25.0 Å². The Bertz CT molecular complexity index is 367. The maximum absolute atomic E-state index is 11.8. The zero-order valence-electron chi connectivity index (χ0n) is 10.1. The molecule has 0 aliphatic carbocycles. The first-order valence-corrected chi connectivity index (χ1v) is 5.99. The first kappa shape index (κ1) is 12.0. The predicted octanol–water partition coefficient (Wildman–Crippen LogP) is 1.43. The van der Waals surface area contributed by atoms with E-state index in [1.54, 1.807) is 7.11 Å². The molecule has 2 heterocycles. The molecule has 1 aliphatic rings. The highest BCUT2D eigenvalue weighted by Crippen LogP contribution is 2.25. The molecule has 1 aliphatic heterocycles. The number of methoxy groups -OCH3 is 1. The second kappa shape index (κ2) is 5.77. The lowest BCUT2D eigenvalue weighted by Gasteiger charge is -2.32. The summed E-state index contributed by atoms with van der Waals surface area (Å²) in [5.41, 5.74) is 1.09. The summed E-state index contributed by atoms with van der Waals surface area (Å²) in [7, 11) is 1.55. The fourth-order valence-electron chi connectivity index (χ4n) is 2.28. The van der Waals surface area contributed by atoms with Crippen molar-refractivity contribution in [1.82, 2.24) is 9.88 Å². The largest absolute Gasteiger partial charge is 0.375 e. The van der Waals surface area contributed by atoms with Gasteiger partial charge in [0, 0.05) is 38.0 Å². The van der Waals surface area contributed by atoms with E-state index in [2.05, 4.69) is 4.98 Å². The van der Waals surface area contributed by atoms with Crippen LogP contribution < -0.4 is 0 Å². The number of nitrogens with zero attached hydrogens (tertiary/aromatic N) is 2. The van der Waals surface area contributed by atoms with Gasteiger partial charge >= 0.3 is 0 Å². The summed E-state index contributed by atoms with van der Waals surface area (Å²) in [6, 6.07) is 5.95. The molecule has 1 aromatic rings. The average molecular weight is 234 g/mol. The maximum atomic E-state index is 11.8. The minimum absolute atomic E-state index is 0.0770. The van der Waals surface area contributed by atoms with Gasteiger partial charge in [0.15, 0.2) is 0 Å². The number of hydrogen-bond acceptors (Lipinski definition) is 3. The minimum atomic E-state index is 0.0770. The van der Waals surface area contributed by atoms with Crippen molar-refractivity contribution in [2.75, 3.05) is 26.8 Å². The number of ether oxygens (including phenoxy) is 1. The summed E-state index contributed by atoms with van der Waals surface area (Å²) < 4.78 is 4.89. The van der Waals surface area contributed by atoms with Crippen molar-refractivity contribution in [2.45, 2.75) is 18.8 Å². The van der Waals surface area contributed by atoms with Gasteiger partial charge in [-0.1, -0.05) is 6.07 Å². The van der Waals surface area contributed by atoms with Crippen LogP contribution in [0.3, 0.4) is 0 Å². The lowest BCUT2D eigenvalue weighted by atomic mass is 9.94. The van der Waals surface area contributed by atoms with E-state index in [0.29, 0.717) is 5.92 Å². The van der Waals surface area contributed by atoms with Crippen LogP contribution >= 0.6 is 0 Å². The van der Waals surface area contributed by atoms with Crippen LogP contribution in [0.5, 0.6) is 0 Å². The quantitative estimate of drug-likeness (QED) is 0.794. The van der Waals surface area contributed by atoms with E-state index in [9.17, 15) is 4.79 Å². The van der Waals surface area contributed by atoms with E-state index in [1.807, 2.05) is 29.3 Å². The third kappa shape index (κ3) is 3.03. The number of carbonyl (C=O) groups is 1. The number of likely N-dealkylation sites (tertiary alicyclic amines) is 1. The van der Waals surface area contributed by atoms with E-state index < -0.39 is 0 Å². The number of aromatic nitrogens is 1. The molecular weight excluding hydrogens is 216 g/mol. The summed E-state index contributed by atoms with van der Waals surface area (Å²) in [6.07, 6.45) is 3.95. The van der Waals surface area contributed by atoms with Gasteiger partial charge in [-0.25, -0.2) is 0 Å². The second-order valence-electron chi connectivity index (χ2n) is 4.37. The first-order valence-electron chi connectivity index (χ1n) is 5.99. The van der Waals surface area contributed by atoms with Crippen molar-refractivity contribution in [3.8, 4) is 0 Å². The van der Waals surface area contributed by atoms with Crippen LogP contribution in [-0.2, 0) is 9.53 Å². The molecule has 0 saturated carbocycles. The van der Waals surface area contributed by atoms with Crippen molar-refractivity contribution in [2.24, 2.45) is 0 Å². The molecule has 1 atom stereocenters. The maximum Gasteiger partial charge on any atom is 0.248 e. The fourth-order valence-corrected chi connectivity index (χ4v) is 2.28. The summed E-state index contributed by atoms with van der Waals surface area (Å²) in [6.45, 7) is 1.78. The zero-order valence-corrected chi connectivity index (χ0v) is 10.1. The topological polar surface area (TPSA) is 42.4 Å². The van der Waals surface area contributed by atoms with Gasteiger partial charge in [0.1, 0.15) is 6.61 Å². The van der Waals surface area contributed by atoms with Crippen LogP contribution in [0.2, 0.25) is 0 Å². The first-order chi connectivity index (χ1) is 8.31. The van der Waals surface area contributed by atoms with Gasteiger partial charge in [-0.15, -0.1) is 0 Å². The molecule has 0 aromatic carbocycles. The second-order valence-corrected chi connectivity index (χ2v) is 4.37. The Morgan fingerprint density at radius 2 is 2.47 bits per heavy atom. The van der Waals surface area contributed by atoms with Gasteiger partial charge in [-0.3, -0.25) is 9.78 Å². The van der Waals surface area contributed by atoms with Crippen molar-refractivity contribution < 1.29 is 9.53 Å². The molecule has 17 heavy (non-hydrogen) atoms. The molecule has 2 rings (SSSR count). The van der Waals surface area contributed by atoms with Crippen LogP contribution in [0, 0.1) is 0 Å². The molecule has 0 N–H and O–H groups in total. The van der Waals surface area contributed by atoms with Crippen LogP contribution in [0.25, 0.3) is 0 Å². The van der Waals surface area contributed by atoms with Crippen LogP contribution in [0.15, 0.2) is 24.4 Å². The van der Waals surface area contributed by atoms with Crippen LogP contribution in [-0.4, -0.2) is 42.6 Å². The lowest BCUT2D eigenvalue weighted by molar-refractivity contribution is -0.136. The van der Waals surface area contributed by atoms with Crippen LogP contribution in [0.1, 0.15) is 24.5 Å². The van der Waals surface area contributed by atoms with Crippen molar-refractivity contribution in [1.29, 1.82) is 0 Å². The fraction of sp³-hybridized carbons (Fsp3) is 0.538. The number of piperidine rings is 1. The van der Waals surface area contributed by atoms with Gasteiger partial charge in [0.05, 0.1) is 0 Å². The normalized spacial score (nSPS) is 20.3. The Balaban J connectivity index is 2.00. The number of amides is 1. The summed E-state index contributed by atoms with van der Waals surface area (Å²) >= 11 is 0. The molecule has 4 nitrogen and oxygen atoms in total. The standard InChI is InChI=1S/C13H18N2O2/c1-17-10-13(16)15-8-4-5-11(9-15)12-6-2-3-7-14-12/h2-3,6-7,11H,4-5,8-10H2,1H3. The highest BCUT2D eigenvalue weighted by molar-refractivity contribution is 5.77. The molecule has 92 valence electrons. The van der Waals surface area contributed by atoms with Crippen molar-refractivity contribution >= 4 is 5.91 Å². The number of rotatable bonds is 3. The molecule has 0 radical (unpaired) electrons. The number of pyridine rings is 1. The molecule has 1 fully saturated rings. The zero-order chi connectivity index (χ0) is 12.1. The predicted molar refractivity (Wildman–Crippen MR) is 64.7 cm³/mol. The highest BCUT2D eigenvalue weighted by atomic mass is 16.5. The Morgan fingerprint density at radius 1 is 1.59 bits per heavy atom. The molecule has 4 heteroatoms. The smallest absolute Gasteiger partial charge is 0.248 e. The molecule has 1 unspecified atom stereocenters. The SMILES string of the molecule is COCC(=O)N1CCCC(c2ccccn2)C1. The third-order valence-corrected chi connectivity index (χ3v) is 3.15. The Hall–Kier alpha value is -1.42. The molecule has 0 spiro atoms. The Labute approximate surface area is 102 Å². The molecule has 1 amide bonds. The Morgan fingerprint density at radius 3 is 3.18 bits per heavy atom. The van der Waals surface area contributed by atoms with E-state index in [1.165, 1.54) is 0 Å². The van der Waals surface area contributed by atoms with Gasteiger partial charge in [0.25, 0.3) is 0 Å². The monoisotopic (exact) mass is 234 g/mol.